The second-order valence-electron chi connectivity index (χ2n) is 5.32. The van der Waals surface area contributed by atoms with E-state index in [1.54, 1.807) is 7.11 Å². The summed E-state index contributed by atoms with van der Waals surface area (Å²) in [6.45, 7) is 5.30. The molecule has 0 aliphatic carbocycles. The molecule has 1 aliphatic rings. The Kier molecular flexibility index (Phi) is 5.41. The molecule has 0 saturated carbocycles. The Morgan fingerprint density at radius 1 is 1.35 bits per heavy atom. The van der Waals surface area contributed by atoms with Crippen LogP contribution in [0.1, 0.15) is 25.3 Å². The van der Waals surface area contributed by atoms with Crippen LogP contribution in [0.5, 0.6) is 5.75 Å². The molecule has 0 spiro atoms. The van der Waals surface area contributed by atoms with E-state index in [4.69, 9.17) is 9.47 Å². The second kappa shape index (κ2) is 7.29. The number of hydrogen-bond donors (Lipinski definition) is 1. The van der Waals surface area contributed by atoms with Gasteiger partial charge in [-0.15, -0.1) is 0 Å². The summed E-state index contributed by atoms with van der Waals surface area (Å²) in [4.78, 5) is 13.3. The van der Waals surface area contributed by atoms with Gasteiger partial charge in [0, 0.05) is 5.56 Å². The Labute approximate surface area is 120 Å². The summed E-state index contributed by atoms with van der Waals surface area (Å²) in [6.07, 6.45) is 2.06. The number of benzene rings is 1. The number of piperidine rings is 1. The molecule has 0 bridgehead atoms. The quantitative estimate of drug-likeness (QED) is 0.819. The molecule has 1 aromatic rings. The fourth-order valence-electron chi connectivity index (χ4n) is 2.80. The molecule has 2 atom stereocenters. The van der Waals surface area contributed by atoms with E-state index in [2.05, 4.69) is 12.1 Å². The number of hydrogen-bond acceptors (Lipinski definition) is 3. The highest BCUT2D eigenvalue weighted by molar-refractivity contribution is 5.72. The van der Waals surface area contributed by atoms with Crippen molar-refractivity contribution in [2.75, 3.05) is 26.8 Å². The fraction of sp³-hybridized carbons (Fsp3) is 0.562. The number of carbonyl (C=O) groups is 1. The summed E-state index contributed by atoms with van der Waals surface area (Å²) in [6, 6.07) is 8.17. The molecular formula is C16H24NO3+. The van der Waals surface area contributed by atoms with Gasteiger partial charge in [-0.1, -0.05) is 0 Å². The standard InChI is InChI=1S/C16H23NO3/c1-3-20-16(18)14-5-4-10-17(12-14)11-13-6-8-15(19-2)9-7-13/h6-9,14H,3-5,10-12H2,1-2H3/p+1/t14-/m1/s1. The van der Waals surface area contributed by atoms with E-state index >= 15 is 0 Å². The number of rotatable bonds is 5. The fourth-order valence-corrected chi connectivity index (χ4v) is 2.80. The lowest BCUT2D eigenvalue weighted by atomic mass is 9.98. The summed E-state index contributed by atoms with van der Waals surface area (Å²) in [5.74, 6) is 0.920. The summed E-state index contributed by atoms with van der Waals surface area (Å²) in [7, 11) is 1.68. The minimum atomic E-state index is -0.0283. The lowest BCUT2D eigenvalue weighted by molar-refractivity contribution is -0.921. The van der Waals surface area contributed by atoms with Gasteiger partial charge in [-0.3, -0.25) is 4.79 Å². The smallest absolute Gasteiger partial charge is 0.314 e. The normalized spacial score (nSPS) is 22.3. The van der Waals surface area contributed by atoms with Crippen LogP contribution in [0.4, 0.5) is 0 Å². The lowest BCUT2D eigenvalue weighted by Crippen LogP contribution is -3.12. The lowest BCUT2D eigenvalue weighted by Gasteiger charge is -2.28. The summed E-state index contributed by atoms with van der Waals surface area (Å²) in [5, 5.41) is 0. The van der Waals surface area contributed by atoms with Gasteiger partial charge in [-0.2, -0.15) is 0 Å². The SMILES string of the molecule is CCOC(=O)[C@@H]1CCC[NH+](Cc2ccc(OC)cc2)C1. The maximum absolute atomic E-state index is 11.8. The predicted octanol–water partition coefficient (Wildman–Crippen LogP) is 1.05. The third-order valence-corrected chi connectivity index (χ3v) is 3.85. The zero-order valence-corrected chi connectivity index (χ0v) is 12.4. The highest BCUT2D eigenvalue weighted by atomic mass is 16.5. The minimum absolute atomic E-state index is 0.0283. The molecule has 1 N–H and O–H groups in total. The number of likely N-dealkylation sites (tertiary alicyclic amines) is 1. The molecule has 0 amide bonds. The summed E-state index contributed by atoms with van der Waals surface area (Å²) >= 11 is 0. The van der Waals surface area contributed by atoms with Crippen molar-refractivity contribution >= 4 is 5.97 Å². The minimum Gasteiger partial charge on any atom is -0.497 e. The first kappa shape index (κ1) is 14.9. The monoisotopic (exact) mass is 278 g/mol. The van der Waals surface area contributed by atoms with Gasteiger partial charge in [0.05, 0.1) is 26.8 Å². The number of esters is 1. The van der Waals surface area contributed by atoms with Crippen molar-refractivity contribution in [3.05, 3.63) is 29.8 Å². The maximum Gasteiger partial charge on any atom is 0.314 e. The molecule has 1 unspecified atom stereocenters. The molecule has 0 aromatic heterocycles. The number of nitrogens with one attached hydrogen (secondary N) is 1. The Morgan fingerprint density at radius 3 is 2.75 bits per heavy atom. The van der Waals surface area contributed by atoms with Crippen LogP contribution in [-0.4, -0.2) is 32.8 Å². The largest absolute Gasteiger partial charge is 0.497 e. The molecule has 1 heterocycles. The van der Waals surface area contributed by atoms with Gasteiger partial charge in [0.1, 0.15) is 18.2 Å². The number of carbonyl (C=O) groups excluding carboxylic acids is 1. The van der Waals surface area contributed by atoms with Crippen LogP contribution in [0.15, 0.2) is 24.3 Å². The number of methoxy groups -OCH3 is 1. The first-order valence-electron chi connectivity index (χ1n) is 7.36. The molecule has 2 rings (SSSR count). The molecule has 1 aliphatic heterocycles. The summed E-state index contributed by atoms with van der Waals surface area (Å²) < 4.78 is 10.3. The Bertz CT molecular complexity index is 430. The predicted molar refractivity (Wildman–Crippen MR) is 76.8 cm³/mol. The van der Waals surface area contributed by atoms with Crippen molar-refractivity contribution in [3.8, 4) is 5.75 Å². The average molecular weight is 278 g/mol. The van der Waals surface area contributed by atoms with E-state index in [0.717, 1.165) is 38.2 Å². The molecule has 4 nitrogen and oxygen atoms in total. The molecule has 20 heavy (non-hydrogen) atoms. The van der Waals surface area contributed by atoms with Gasteiger partial charge >= 0.3 is 5.97 Å². The second-order valence-corrected chi connectivity index (χ2v) is 5.32. The van der Waals surface area contributed by atoms with Crippen molar-refractivity contribution in [1.29, 1.82) is 0 Å². The van der Waals surface area contributed by atoms with Crippen LogP contribution in [0.3, 0.4) is 0 Å². The van der Waals surface area contributed by atoms with Crippen LogP contribution in [-0.2, 0) is 16.1 Å². The molecule has 1 fully saturated rings. The number of quaternary nitrogens is 1. The number of ether oxygens (including phenoxy) is 2. The van der Waals surface area contributed by atoms with E-state index in [0.29, 0.717) is 6.61 Å². The molecule has 4 heteroatoms. The Hall–Kier alpha value is -1.55. The maximum atomic E-state index is 11.8. The van der Waals surface area contributed by atoms with E-state index in [-0.39, 0.29) is 11.9 Å². The van der Waals surface area contributed by atoms with Crippen LogP contribution >= 0.6 is 0 Å². The third kappa shape index (κ3) is 3.97. The van der Waals surface area contributed by atoms with Crippen LogP contribution < -0.4 is 9.64 Å². The van der Waals surface area contributed by atoms with Gasteiger partial charge in [-0.05, 0) is 44.0 Å². The van der Waals surface area contributed by atoms with E-state index in [1.807, 2.05) is 19.1 Å². The molecule has 1 saturated heterocycles. The summed E-state index contributed by atoms with van der Waals surface area (Å²) in [5.41, 5.74) is 1.28. The van der Waals surface area contributed by atoms with Gasteiger partial charge < -0.3 is 14.4 Å². The first-order chi connectivity index (χ1) is 9.72. The molecule has 0 radical (unpaired) electrons. The zero-order valence-electron chi connectivity index (χ0n) is 12.4. The van der Waals surface area contributed by atoms with Crippen molar-refractivity contribution in [2.45, 2.75) is 26.3 Å². The van der Waals surface area contributed by atoms with Gasteiger partial charge in [0.15, 0.2) is 0 Å². The molecule has 110 valence electrons. The van der Waals surface area contributed by atoms with Crippen molar-refractivity contribution < 1.29 is 19.2 Å². The molecular weight excluding hydrogens is 254 g/mol. The Balaban J connectivity index is 1.90. The molecule has 1 aromatic carbocycles. The highest BCUT2D eigenvalue weighted by Crippen LogP contribution is 2.12. The highest BCUT2D eigenvalue weighted by Gasteiger charge is 2.29. The third-order valence-electron chi connectivity index (χ3n) is 3.85. The van der Waals surface area contributed by atoms with Gasteiger partial charge in [-0.25, -0.2) is 0 Å². The van der Waals surface area contributed by atoms with Crippen molar-refractivity contribution in [3.63, 3.8) is 0 Å². The first-order valence-corrected chi connectivity index (χ1v) is 7.36. The van der Waals surface area contributed by atoms with Crippen LogP contribution in [0.2, 0.25) is 0 Å². The van der Waals surface area contributed by atoms with Crippen molar-refractivity contribution in [1.82, 2.24) is 0 Å². The van der Waals surface area contributed by atoms with E-state index in [1.165, 1.54) is 10.5 Å². The zero-order chi connectivity index (χ0) is 14.4. The average Bonchev–Trinajstić information content (AvgIpc) is 2.48. The topological polar surface area (TPSA) is 40.0 Å². The van der Waals surface area contributed by atoms with Crippen LogP contribution in [0.25, 0.3) is 0 Å². The Morgan fingerprint density at radius 2 is 2.10 bits per heavy atom. The van der Waals surface area contributed by atoms with Gasteiger partial charge in [0.2, 0.25) is 0 Å². The van der Waals surface area contributed by atoms with Gasteiger partial charge in [0.25, 0.3) is 0 Å². The van der Waals surface area contributed by atoms with Crippen LogP contribution in [0, 0.1) is 5.92 Å². The van der Waals surface area contributed by atoms with E-state index < -0.39 is 0 Å². The van der Waals surface area contributed by atoms with E-state index in [9.17, 15) is 4.79 Å². The van der Waals surface area contributed by atoms with Crippen molar-refractivity contribution in [2.24, 2.45) is 5.92 Å².